The lowest BCUT2D eigenvalue weighted by molar-refractivity contribution is -0.119. The zero-order valence-corrected chi connectivity index (χ0v) is 16.2. The second kappa shape index (κ2) is 8.52. The topological polar surface area (TPSA) is 58.4 Å². The summed E-state index contributed by atoms with van der Waals surface area (Å²) in [7, 11) is 0. The minimum atomic E-state index is -0.269. The first kappa shape index (κ1) is 19.4. The minimum absolute atomic E-state index is 0.134. The molecule has 28 heavy (non-hydrogen) atoms. The van der Waals surface area contributed by atoms with Gasteiger partial charge in [0.15, 0.2) is 0 Å². The predicted molar refractivity (Wildman–Crippen MR) is 111 cm³/mol. The van der Waals surface area contributed by atoms with E-state index in [2.05, 4.69) is 15.8 Å². The molecule has 1 heterocycles. The van der Waals surface area contributed by atoms with Crippen LogP contribution in [-0.2, 0) is 4.79 Å². The van der Waals surface area contributed by atoms with Crippen LogP contribution in [0.25, 0.3) is 5.69 Å². The third kappa shape index (κ3) is 4.65. The molecule has 1 aromatic heterocycles. The number of carbonyl (C=O) groups is 1. The second-order valence-corrected chi connectivity index (χ2v) is 6.65. The number of hydrazone groups is 1. The summed E-state index contributed by atoms with van der Waals surface area (Å²) in [6.07, 6.45) is 1.62. The van der Waals surface area contributed by atoms with Gasteiger partial charge in [-0.05, 0) is 63.2 Å². The molecule has 5 nitrogen and oxygen atoms in total. The number of carbonyl (C=O) groups excluding carboxylic acids is 1. The van der Waals surface area contributed by atoms with Gasteiger partial charge in [-0.15, -0.1) is 0 Å². The molecule has 0 radical (unpaired) electrons. The Morgan fingerprint density at radius 3 is 2.43 bits per heavy atom. The Morgan fingerprint density at radius 1 is 1.07 bits per heavy atom. The first-order valence-corrected chi connectivity index (χ1v) is 9.01. The van der Waals surface area contributed by atoms with Crippen LogP contribution in [0.2, 0.25) is 0 Å². The van der Waals surface area contributed by atoms with Gasteiger partial charge in [0.2, 0.25) is 0 Å². The van der Waals surface area contributed by atoms with Crippen molar-refractivity contribution < 1.29 is 9.18 Å². The van der Waals surface area contributed by atoms with Crippen molar-refractivity contribution in [1.29, 1.82) is 0 Å². The highest BCUT2D eigenvalue weighted by atomic mass is 19.1. The summed E-state index contributed by atoms with van der Waals surface area (Å²) in [4.78, 5) is 12.0. The number of hydrogen-bond acceptors (Lipinski definition) is 3. The van der Waals surface area contributed by atoms with Crippen LogP contribution in [0, 0.1) is 26.6 Å². The SMILES string of the molecule is Cc1ccc(NCC(=O)N/N=C\c2cc(C)n(-c3ccc(F)cc3)c2C)cc1. The minimum Gasteiger partial charge on any atom is -0.376 e. The maximum Gasteiger partial charge on any atom is 0.259 e. The Morgan fingerprint density at radius 2 is 1.75 bits per heavy atom. The lowest BCUT2D eigenvalue weighted by Gasteiger charge is -2.09. The summed E-state index contributed by atoms with van der Waals surface area (Å²) >= 11 is 0. The highest BCUT2D eigenvalue weighted by molar-refractivity contribution is 5.85. The molecule has 1 amide bonds. The Kier molecular flexibility index (Phi) is 5.89. The van der Waals surface area contributed by atoms with Gasteiger partial charge in [-0.25, -0.2) is 9.82 Å². The van der Waals surface area contributed by atoms with Crippen molar-refractivity contribution >= 4 is 17.8 Å². The number of aryl methyl sites for hydroxylation is 2. The van der Waals surface area contributed by atoms with Gasteiger partial charge < -0.3 is 9.88 Å². The number of rotatable bonds is 6. The number of nitrogens with zero attached hydrogens (tertiary/aromatic N) is 2. The predicted octanol–water partition coefficient (Wildman–Crippen LogP) is 4.10. The molecule has 2 N–H and O–H groups in total. The Labute approximate surface area is 163 Å². The molecule has 0 aliphatic heterocycles. The van der Waals surface area contributed by atoms with Gasteiger partial charge in [-0.1, -0.05) is 17.7 Å². The van der Waals surface area contributed by atoms with Crippen LogP contribution in [-0.4, -0.2) is 23.2 Å². The van der Waals surface area contributed by atoms with E-state index in [0.29, 0.717) is 0 Å². The highest BCUT2D eigenvalue weighted by Crippen LogP contribution is 2.20. The molecule has 144 valence electrons. The van der Waals surface area contributed by atoms with Crippen LogP contribution < -0.4 is 10.7 Å². The number of halogens is 1. The molecule has 3 rings (SSSR count). The number of aromatic nitrogens is 1. The first-order chi connectivity index (χ1) is 13.4. The van der Waals surface area contributed by atoms with E-state index in [1.807, 2.05) is 55.7 Å². The van der Waals surface area contributed by atoms with Crippen LogP contribution in [0.4, 0.5) is 10.1 Å². The van der Waals surface area contributed by atoms with Crippen molar-refractivity contribution in [3.63, 3.8) is 0 Å². The third-order valence-electron chi connectivity index (χ3n) is 4.45. The monoisotopic (exact) mass is 378 g/mol. The van der Waals surface area contributed by atoms with Crippen LogP contribution in [0.3, 0.4) is 0 Å². The summed E-state index contributed by atoms with van der Waals surface area (Å²) in [5.41, 5.74) is 8.29. The molecule has 0 bridgehead atoms. The summed E-state index contributed by atoms with van der Waals surface area (Å²) in [5.74, 6) is -0.501. The maximum absolute atomic E-state index is 13.2. The van der Waals surface area contributed by atoms with Gasteiger partial charge in [-0.3, -0.25) is 4.79 Å². The van der Waals surface area contributed by atoms with E-state index < -0.39 is 0 Å². The molecular formula is C22H23FN4O. The molecule has 0 spiro atoms. The standard InChI is InChI=1S/C22H23FN4O/c1-15-4-8-20(9-5-15)24-14-22(28)26-25-13-18-12-16(2)27(17(18)3)21-10-6-19(23)7-11-21/h4-13,24H,14H2,1-3H3,(H,26,28)/b25-13-. The number of anilines is 1. The van der Waals surface area contributed by atoms with Crippen LogP contribution >= 0.6 is 0 Å². The number of nitrogens with one attached hydrogen (secondary N) is 2. The normalized spacial score (nSPS) is 11.0. The maximum atomic E-state index is 13.2. The number of amides is 1. The molecule has 0 aliphatic rings. The molecule has 0 aliphatic carbocycles. The van der Waals surface area contributed by atoms with E-state index in [0.717, 1.165) is 33.9 Å². The van der Waals surface area contributed by atoms with Crippen LogP contribution in [0.1, 0.15) is 22.5 Å². The lowest BCUT2D eigenvalue weighted by atomic mass is 10.2. The zero-order valence-electron chi connectivity index (χ0n) is 16.2. The first-order valence-electron chi connectivity index (χ1n) is 9.01. The van der Waals surface area contributed by atoms with Crippen LogP contribution in [0.5, 0.6) is 0 Å². The number of hydrogen-bond donors (Lipinski definition) is 2. The fourth-order valence-electron chi connectivity index (χ4n) is 2.97. The average Bonchev–Trinajstić information content (AvgIpc) is 2.96. The van der Waals surface area contributed by atoms with Crippen molar-refractivity contribution in [2.45, 2.75) is 20.8 Å². The molecule has 3 aromatic rings. The van der Waals surface area contributed by atoms with Crippen molar-refractivity contribution in [3.05, 3.63) is 82.9 Å². The van der Waals surface area contributed by atoms with Gasteiger partial charge in [0.05, 0.1) is 12.8 Å². The molecule has 0 atom stereocenters. The molecule has 2 aromatic carbocycles. The van der Waals surface area contributed by atoms with Gasteiger partial charge in [0.1, 0.15) is 5.82 Å². The van der Waals surface area contributed by atoms with Crippen LogP contribution in [0.15, 0.2) is 59.7 Å². The van der Waals surface area contributed by atoms with E-state index in [1.54, 1.807) is 18.3 Å². The molecule has 0 saturated carbocycles. The van der Waals surface area contributed by atoms with Crippen molar-refractivity contribution in [2.24, 2.45) is 5.10 Å². The molecule has 6 heteroatoms. The van der Waals surface area contributed by atoms with Gasteiger partial charge in [0, 0.05) is 28.3 Å². The molecule has 0 fully saturated rings. The summed E-state index contributed by atoms with van der Waals surface area (Å²) in [6, 6.07) is 16.1. The Balaban J connectivity index is 1.61. The average molecular weight is 378 g/mol. The summed E-state index contributed by atoms with van der Waals surface area (Å²) in [5, 5.41) is 7.10. The number of benzene rings is 2. The molecule has 0 saturated heterocycles. The quantitative estimate of drug-likeness (QED) is 0.501. The molecular weight excluding hydrogens is 355 g/mol. The summed E-state index contributed by atoms with van der Waals surface area (Å²) in [6.45, 7) is 6.07. The van der Waals surface area contributed by atoms with E-state index >= 15 is 0 Å². The van der Waals surface area contributed by atoms with Gasteiger partial charge in [0.25, 0.3) is 5.91 Å². The molecule has 0 unspecified atom stereocenters. The van der Waals surface area contributed by atoms with Gasteiger partial charge >= 0.3 is 0 Å². The fourth-order valence-corrected chi connectivity index (χ4v) is 2.97. The smallest absolute Gasteiger partial charge is 0.259 e. The van der Waals surface area contributed by atoms with Gasteiger partial charge in [-0.2, -0.15) is 5.10 Å². The van der Waals surface area contributed by atoms with Crippen molar-refractivity contribution in [1.82, 2.24) is 9.99 Å². The van der Waals surface area contributed by atoms with Crippen molar-refractivity contribution in [3.8, 4) is 5.69 Å². The third-order valence-corrected chi connectivity index (χ3v) is 4.45. The van der Waals surface area contributed by atoms with E-state index in [1.165, 1.54) is 12.1 Å². The van der Waals surface area contributed by atoms with E-state index in [-0.39, 0.29) is 18.3 Å². The Bertz CT molecular complexity index is 989. The summed E-state index contributed by atoms with van der Waals surface area (Å²) < 4.78 is 15.2. The Hall–Kier alpha value is -3.41. The van der Waals surface area contributed by atoms with E-state index in [4.69, 9.17) is 0 Å². The van der Waals surface area contributed by atoms with Crippen molar-refractivity contribution in [2.75, 3.05) is 11.9 Å². The fraction of sp³-hybridized carbons (Fsp3) is 0.182. The second-order valence-electron chi connectivity index (χ2n) is 6.65. The highest BCUT2D eigenvalue weighted by Gasteiger charge is 2.09. The lowest BCUT2D eigenvalue weighted by Crippen LogP contribution is -2.25. The van der Waals surface area contributed by atoms with E-state index in [9.17, 15) is 9.18 Å². The largest absolute Gasteiger partial charge is 0.376 e. The zero-order chi connectivity index (χ0) is 20.1.